The summed E-state index contributed by atoms with van der Waals surface area (Å²) >= 11 is 0. The maximum Gasteiger partial charge on any atom is 0.125 e. The van der Waals surface area contributed by atoms with Gasteiger partial charge in [-0.05, 0) is 31.4 Å². The van der Waals surface area contributed by atoms with Gasteiger partial charge in [0.15, 0.2) is 0 Å². The lowest BCUT2D eigenvalue weighted by Gasteiger charge is -2.28. The van der Waals surface area contributed by atoms with Crippen molar-refractivity contribution in [2.45, 2.75) is 45.6 Å². The number of aryl methyl sites for hydroxylation is 1. The molecule has 0 fully saturated rings. The van der Waals surface area contributed by atoms with Gasteiger partial charge in [-0.25, -0.2) is 0 Å². The van der Waals surface area contributed by atoms with Crippen molar-refractivity contribution in [1.29, 1.82) is 5.26 Å². The molecule has 0 saturated carbocycles. The van der Waals surface area contributed by atoms with Crippen LogP contribution in [-0.2, 0) is 0 Å². The number of nitrogens with one attached hydrogen (secondary N) is 1. The fourth-order valence-corrected chi connectivity index (χ4v) is 1.89. The van der Waals surface area contributed by atoms with E-state index < -0.39 is 5.54 Å². The maximum atomic E-state index is 9.35. The minimum Gasteiger partial charge on any atom is -0.367 e. The van der Waals surface area contributed by atoms with E-state index in [0.717, 1.165) is 24.9 Å². The molecule has 86 valence electrons. The zero-order valence-corrected chi connectivity index (χ0v) is 10.4. The van der Waals surface area contributed by atoms with Crippen molar-refractivity contribution in [2.75, 3.05) is 5.32 Å². The highest BCUT2D eigenvalue weighted by atomic mass is 15.0. The first-order chi connectivity index (χ1) is 7.67. The Balaban J connectivity index is 2.93. The number of anilines is 1. The summed E-state index contributed by atoms with van der Waals surface area (Å²) in [7, 11) is 0. The zero-order chi connectivity index (χ0) is 12.0. The first-order valence-corrected chi connectivity index (χ1v) is 5.92. The molecule has 0 aromatic heterocycles. The van der Waals surface area contributed by atoms with Crippen molar-refractivity contribution >= 4 is 5.69 Å². The molecular weight excluding hydrogens is 196 g/mol. The van der Waals surface area contributed by atoms with Crippen LogP contribution in [0.2, 0.25) is 0 Å². The molecule has 0 radical (unpaired) electrons. The Bertz CT molecular complexity index is 379. The van der Waals surface area contributed by atoms with Crippen molar-refractivity contribution in [3.05, 3.63) is 29.8 Å². The highest BCUT2D eigenvalue weighted by molar-refractivity contribution is 5.53. The van der Waals surface area contributed by atoms with Crippen LogP contribution in [0.15, 0.2) is 24.3 Å². The van der Waals surface area contributed by atoms with E-state index in [1.54, 1.807) is 0 Å². The minimum absolute atomic E-state index is 0.416. The molecule has 0 aliphatic carbocycles. The monoisotopic (exact) mass is 216 g/mol. The molecule has 0 aliphatic rings. The molecule has 1 atom stereocenters. The van der Waals surface area contributed by atoms with Crippen LogP contribution in [0, 0.1) is 18.3 Å². The van der Waals surface area contributed by atoms with Gasteiger partial charge < -0.3 is 5.32 Å². The molecule has 0 bridgehead atoms. The molecule has 16 heavy (non-hydrogen) atoms. The average molecular weight is 216 g/mol. The second-order valence-electron chi connectivity index (χ2n) is 4.24. The Labute approximate surface area is 98.3 Å². The van der Waals surface area contributed by atoms with Gasteiger partial charge in [0.05, 0.1) is 6.07 Å². The van der Waals surface area contributed by atoms with Gasteiger partial charge in [-0.1, -0.05) is 38.5 Å². The quantitative estimate of drug-likeness (QED) is 0.810. The molecular formula is C14H20N2. The molecule has 0 amide bonds. The lowest BCUT2D eigenvalue weighted by molar-refractivity contribution is 0.514. The van der Waals surface area contributed by atoms with Crippen molar-refractivity contribution in [2.24, 2.45) is 0 Å². The molecule has 0 saturated heterocycles. The largest absolute Gasteiger partial charge is 0.367 e. The van der Waals surface area contributed by atoms with Crippen LogP contribution in [0.1, 0.15) is 38.7 Å². The second-order valence-corrected chi connectivity index (χ2v) is 4.24. The smallest absolute Gasteiger partial charge is 0.125 e. The van der Waals surface area contributed by atoms with E-state index in [1.165, 1.54) is 5.56 Å². The van der Waals surface area contributed by atoms with E-state index >= 15 is 0 Å². The summed E-state index contributed by atoms with van der Waals surface area (Å²) in [6.07, 6.45) is 2.72. The van der Waals surface area contributed by atoms with Gasteiger partial charge in [0.2, 0.25) is 0 Å². The lowest BCUT2D eigenvalue weighted by Crippen LogP contribution is -2.36. The fraction of sp³-hybridized carbons (Fsp3) is 0.500. The first kappa shape index (κ1) is 12.6. The van der Waals surface area contributed by atoms with Crippen LogP contribution in [0.3, 0.4) is 0 Å². The Hall–Kier alpha value is -1.49. The predicted octanol–water partition coefficient (Wildman–Crippen LogP) is 3.88. The Morgan fingerprint density at radius 3 is 2.50 bits per heavy atom. The van der Waals surface area contributed by atoms with Gasteiger partial charge in [-0.3, -0.25) is 0 Å². The standard InChI is InChI=1S/C14H20N2/c1-4-10-14(5-2,11-15)16-13-9-7-6-8-12(13)3/h6-9,16H,4-5,10H2,1-3H3. The van der Waals surface area contributed by atoms with Gasteiger partial charge in [0.25, 0.3) is 0 Å². The maximum absolute atomic E-state index is 9.35. The zero-order valence-electron chi connectivity index (χ0n) is 10.4. The molecule has 1 aromatic carbocycles. The number of hydrogen-bond acceptors (Lipinski definition) is 2. The van der Waals surface area contributed by atoms with Crippen molar-refractivity contribution < 1.29 is 0 Å². The Kier molecular flexibility index (Phi) is 4.37. The second kappa shape index (κ2) is 5.55. The number of nitrogens with zero attached hydrogens (tertiary/aromatic N) is 1. The lowest BCUT2D eigenvalue weighted by atomic mass is 9.91. The fourth-order valence-electron chi connectivity index (χ4n) is 1.89. The third-order valence-electron chi connectivity index (χ3n) is 3.01. The molecule has 2 nitrogen and oxygen atoms in total. The molecule has 1 aromatic rings. The molecule has 0 spiro atoms. The van der Waals surface area contributed by atoms with Gasteiger partial charge in [-0.2, -0.15) is 5.26 Å². The summed E-state index contributed by atoms with van der Waals surface area (Å²) in [4.78, 5) is 0. The summed E-state index contributed by atoms with van der Waals surface area (Å²) in [5.41, 5.74) is 1.84. The number of para-hydroxylation sites is 1. The van der Waals surface area contributed by atoms with E-state index in [2.05, 4.69) is 38.2 Å². The highest BCUT2D eigenvalue weighted by Gasteiger charge is 2.26. The van der Waals surface area contributed by atoms with Gasteiger partial charge in [-0.15, -0.1) is 0 Å². The van der Waals surface area contributed by atoms with E-state index in [0.29, 0.717) is 0 Å². The van der Waals surface area contributed by atoms with E-state index in [4.69, 9.17) is 0 Å². The van der Waals surface area contributed by atoms with Crippen molar-refractivity contribution in [1.82, 2.24) is 0 Å². The summed E-state index contributed by atoms with van der Waals surface area (Å²) in [5, 5.41) is 12.7. The van der Waals surface area contributed by atoms with Gasteiger partial charge in [0, 0.05) is 5.69 Å². The molecule has 1 N–H and O–H groups in total. The van der Waals surface area contributed by atoms with E-state index in [-0.39, 0.29) is 0 Å². The third-order valence-corrected chi connectivity index (χ3v) is 3.01. The summed E-state index contributed by atoms with van der Waals surface area (Å²) < 4.78 is 0. The molecule has 1 rings (SSSR count). The van der Waals surface area contributed by atoms with Gasteiger partial charge in [0.1, 0.15) is 5.54 Å². The average Bonchev–Trinajstić information content (AvgIpc) is 2.31. The van der Waals surface area contributed by atoms with Crippen LogP contribution in [0.5, 0.6) is 0 Å². The van der Waals surface area contributed by atoms with Crippen molar-refractivity contribution in [3.8, 4) is 6.07 Å². The normalized spacial score (nSPS) is 13.9. The predicted molar refractivity (Wildman–Crippen MR) is 68.3 cm³/mol. The number of hydrogen-bond donors (Lipinski definition) is 1. The van der Waals surface area contributed by atoms with E-state index in [1.807, 2.05) is 18.2 Å². The summed E-state index contributed by atoms with van der Waals surface area (Å²) in [6, 6.07) is 10.5. The molecule has 0 aliphatic heterocycles. The van der Waals surface area contributed by atoms with Crippen LogP contribution in [0.4, 0.5) is 5.69 Å². The van der Waals surface area contributed by atoms with E-state index in [9.17, 15) is 5.26 Å². The number of benzene rings is 1. The van der Waals surface area contributed by atoms with Gasteiger partial charge >= 0.3 is 0 Å². The molecule has 2 heteroatoms. The summed E-state index contributed by atoms with van der Waals surface area (Å²) in [5.74, 6) is 0. The minimum atomic E-state index is -0.416. The van der Waals surface area contributed by atoms with Crippen LogP contribution in [0.25, 0.3) is 0 Å². The first-order valence-electron chi connectivity index (χ1n) is 5.92. The SMILES string of the molecule is CCCC(C#N)(CC)Nc1ccccc1C. The topological polar surface area (TPSA) is 35.8 Å². The molecule has 0 heterocycles. The van der Waals surface area contributed by atoms with Crippen molar-refractivity contribution in [3.63, 3.8) is 0 Å². The molecule has 1 unspecified atom stereocenters. The van der Waals surface area contributed by atoms with Crippen LogP contribution in [-0.4, -0.2) is 5.54 Å². The Morgan fingerprint density at radius 1 is 1.31 bits per heavy atom. The summed E-state index contributed by atoms with van der Waals surface area (Å²) in [6.45, 7) is 6.23. The van der Waals surface area contributed by atoms with Crippen LogP contribution < -0.4 is 5.32 Å². The Morgan fingerprint density at radius 2 is 2.00 bits per heavy atom. The number of nitriles is 1. The van der Waals surface area contributed by atoms with Crippen LogP contribution >= 0.6 is 0 Å². The highest BCUT2D eigenvalue weighted by Crippen LogP contribution is 2.25. The third kappa shape index (κ3) is 2.76. The number of rotatable bonds is 5.